The van der Waals surface area contributed by atoms with E-state index in [4.69, 9.17) is 5.73 Å². The van der Waals surface area contributed by atoms with E-state index in [9.17, 15) is 8.42 Å². The third-order valence-electron chi connectivity index (χ3n) is 2.87. The Labute approximate surface area is 117 Å². The summed E-state index contributed by atoms with van der Waals surface area (Å²) in [4.78, 5) is 1.05. The van der Waals surface area contributed by atoms with E-state index < -0.39 is 10.0 Å². The van der Waals surface area contributed by atoms with Crippen molar-refractivity contribution in [3.05, 3.63) is 40.8 Å². The molecule has 0 unspecified atom stereocenters. The fourth-order valence-electron chi connectivity index (χ4n) is 1.65. The Morgan fingerprint density at radius 3 is 2.63 bits per heavy atom. The molecule has 0 spiro atoms. The summed E-state index contributed by atoms with van der Waals surface area (Å²) in [5.41, 5.74) is 7.60. The molecule has 0 fully saturated rings. The predicted molar refractivity (Wildman–Crippen MR) is 80.1 cm³/mol. The first-order chi connectivity index (χ1) is 8.94. The van der Waals surface area contributed by atoms with Crippen molar-refractivity contribution >= 4 is 32.7 Å². The molecule has 4 nitrogen and oxygen atoms in total. The molecule has 2 rings (SSSR count). The second-order valence-electron chi connectivity index (χ2n) is 4.20. The van der Waals surface area contributed by atoms with Crippen LogP contribution in [0.1, 0.15) is 17.4 Å². The van der Waals surface area contributed by atoms with Crippen molar-refractivity contribution in [2.24, 2.45) is 0 Å². The molecule has 0 saturated carbocycles. The van der Waals surface area contributed by atoms with Gasteiger partial charge in [0.15, 0.2) is 0 Å². The molecule has 1 aromatic heterocycles. The van der Waals surface area contributed by atoms with Crippen LogP contribution in [0.15, 0.2) is 34.5 Å². The van der Waals surface area contributed by atoms with E-state index in [1.54, 1.807) is 31.2 Å². The van der Waals surface area contributed by atoms with Gasteiger partial charge in [-0.15, -0.1) is 11.3 Å². The van der Waals surface area contributed by atoms with Gasteiger partial charge in [0.2, 0.25) is 0 Å². The van der Waals surface area contributed by atoms with Crippen molar-refractivity contribution in [3.8, 4) is 0 Å². The minimum atomic E-state index is -3.53. The number of aryl methyl sites for hydroxylation is 1. The molecule has 6 heteroatoms. The number of hydrogen-bond donors (Lipinski definition) is 2. The van der Waals surface area contributed by atoms with Crippen LogP contribution in [0.4, 0.5) is 11.4 Å². The Morgan fingerprint density at radius 2 is 2.00 bits per heavy atom. The first-order valence-corrected chi connectivity index (χ1v) is 8.20. The third kappa shape index (κ3) is 2.90. The highest BCUT2D eigenvalue weighted by Crippen LogP contribution is 2.27. The summed E-state index contributed by atoms with van der Waals surface area (Å²) in [5.74, 6) is 0. The molecule has 2 aromatic rings. The van der Waals surface area contributed by atoms with Crippen LogP contribution >= 0.6 is 11.3 Å². The van der Waals surface area contributed by atoms with Gasteiger partial charge in [-0.05, 0) is 43.2 Å². The lowest BCUT2D eigenvalue weighted by molar-refractivity contribution is 0.603. The Balaban J connectivity index is 2.33. The number of nitrogen functional groups attached to an aromatic ring is 1. The highest BCUT2D eigenvalue weighted by Gasteiger charge is 2.17. The fourth-order valence-corrected chi connectivity index (χ4v) is 4.07. The van der Waals surface area contributed by atoms with Crippen molar-refractivity contribution in [2.75, 3.05) is 10.5 Å². The summed E-state index contributed by atoms with van der Waals surface area (Å²) in [6.45, 7) is 3.79. The Bertz CT molecular complexity index is 690. The molecular weight excluding hydrogens is 280 g/mol. The Hall–Kier alpha value is -1.53. The Kier molecular flexibility index (Phi) is 3.82. The highest BCUT2D eigenvalue weighted by atomic mass is 32.2. The van der Waals surface area contributed by atoms with Gasteiger partial charge in [0.1, 0.15) is 4.21 Å². The van der Waals surface area contributed by atoms with Crippen LogP contribution in [0.2, 0.25) is 0 Å². The minimum Gasteiger partial charge on any atom is -0.398 e. The maximum atomic E-state index is 12.3. The van der Waals surface area contributed by atoms with Gasteiger partial charge in [-0.1, -0.05) is 13.0 Å². The number of hydrogen-bond acceptors (Lipinski definition) is 4. The number of benzene rings is 1. The van der Waals surface area contributed by atoms with Crippen LogP contribution in [0.3, 0.4) is 0 Å². The summed E-state index contributed by atoms with van der Waals surface area (Å²) in [5, 5.41) is 0. The number of anilines is 2. The number of nitrogens with one attached hydrogen (secondary N) is 1. The number of rotatable bonds is 4. The first kappa shape index (κ1) is 13.9. The number of sulfonamides is 1. The molecule has 1 heterocycles. The van der Waals surface area contributed by atoms with Crippen molar-refractivity contribution in [2.45, 2.75) is 24.5 Å². The number of nitrogens with two attached hydrogens (primary N) is 1. The van der Waals surface area contributed by atoms with Gasteiger partial charge in [0.05, 0.1) is 5.69 Å². The van der Waals surface area contributed by atoms with E-state index in [1.807, 2.05) is 13.0 Å². The lowest BCUT2D eigenvalue weighted by Crippen LogP contribution is -2.12. The van der Waals surface area contributed by atoms with Crippen molar-refractivity contribution in [1.82, 2.24) is 0 Å². The minimum absolute atomic E-state index is 0.325. The van der Waals surface area contributed by atoms with Crippen molar-refractivity contribution in [3.63, 3.8) is 0 Å². The zero-order valence-electron chi connectivity index (χ0n) is 10.8. The van der Waals surface area contributed by atoms with Gasteiger partial charge in [0, 0.05) is 10.6 Å². The van der Waals surface area contributed by atoms with E-state index >= 15 is 0 Å². The monoisotopic (exact) mass is 296 g/mol. The molecule has 0 saturated heterocycles. The van der Waals surface area contributed by atoms with Crippen LogP contribution in [0, 0.1) is 6.92 Å². The van der Waals surface area contributed by atoms with E-state index in [1.165, 1.54) is 11.3 Å². The zero-order valence-corrected chi connectivity index (χ0v) is 12.4. The predicted octanol–water partition coefficient (Wildman–Crippen LogP) is 3.00. The second-order valence-corrected chi connectivity index (χ2v) is 7.28. The van der Waals surface area contributed by atoms with E-state index in [0.29, 0.717) is 15.6 Å². The zero-order chi connectivity index (χ0) is 14.0. The molecule has 3 N–H and O–H groups in total. The summed E-state index contributed by atoms with van der Waals surface area (Å²) in [6.07, 6.45) is 0.831. The van der Waals surface area contributed by atoms with Crippen molar-refractivity contribution < 1.29 is 8.42 Å². The van der Waals surface area contributed by atoms with E-state index in [-0.39, 0.29) is 0 Å². The summed E-state index contributed by atoms with van der Waals surface area (Å²) in [6, 6.07) is 8.65. The lowest BCUT2D eigenvalue weighted by Gasteiger charge is -2.10. The SMILES string of the molecule is CCc1ccc(S(=O)(=O)Nc2cccc(N)c2C)s1. The lowest BCUT2D eigenvalue weighted by atomic mass is 10.2. The molecule has 1 aromatic carbocycles. The molecule has 0 amide bonds. The molecular formula is C13H16N2O2S2. The standard InChI is InChI=1S/C13H16N2O2S2/c1-3-10-7-8-13(18-10)19(16,17)15-12-6-4-5-11(14)9(12)2/h4-8,15H,3,14H2,1-2H3. The van der Waals surface area contributed by atoms with Crippen LogP contribution in [0.5, 0.6) is 0 Å². The van der Waals surface area contributed by atoms with Crippen LogP contribution in [0.25, 0.3) is 0 Å². The topological polar surface area (TPSA) is 72.2 Å². The largest absolute Gasteiger partial charge is 0.398 e. The quantitative estimate of drug-likeness (QED) is 0.852. The molecule has 102 valence electrons. The number of thiophene rings is 1. The molecule has 0 aliphatic carbocycles. The Morgan fingerprint density at radius 1 is 1.26 bits per heavy atom. The molecule has 0 atom stereocenters. The first-order valence-electron chi connectivity index (χ1n) is 5.90. The summed E-state index contributed by atoms with van der Waals surface area (Å²) < 4.78 is 27.4. The summed E-state index contributed by atoms with van der Waals surface area (Å²) in [7, 11) is -3.53. The average molecular weight is 296 g/mol. The van der Waals surface area contributed by atoms with Crippen LogP contribution in [-0.2, 0) is 16.4 Å². The van der Waals surface area contributed by atoms with Crippen LogP contribution < -0.4 is 10.5 Å². The fraction of sp³-hybridized carbons (Fsp3) is 0.231. The van der Waals surface area contributed by atoms with E-state index in [2.05, 4.69) is 4.72 Å². The van der Waals surface area contributed by atoms with Gasteiger partial charge >= 0.3 is 0 Å². The molecule has 0 aliphatic heterocycles. The maximum Gasteiger partial charge on any atom is 0.271 e. The molecule has 19 heavy (non-hydrogen) atoms. The second kappa shape index (κ2) is 5.22. The van der Waals surface area contributed by atoms with Crippen molar-refractivity contribution in [1.29, 1.82) is 0 Å². The third-order valence-corrected chi connectivity index (χ3v) is 5.96. The van der Waals surface area contributed by atoms with Gasteiger partial charge in [-0.2, -0.15) is 0 Å². The van der Waals surface area contributed by atoms with Gasteiger partial charge in [-0.3, -0.25) is 4.72 Å². The molecule has 0 bridgehead atoms. The van der Waals surface area contributed by atoms with Gasteiger partial charge in [-0.25, -0.2) is 8.42 Å². The van der Waals surface area contributed by atoms with E-state index in [0.717, 1.165) is 16.9 Å². The molecule has 0 radical (unpaired) electrons. The average Bonchev–Trinajstić information content (AvgIpc) is 2.84. The summed E-state index contributed by atoms with van der Waals surface area (Å²) >= 11 is 1.29. The maximum absolute atomic E-state index is 12.3. The molecule has 0 aliphatic rings. The van der Waals surface area contributed by atoms with Crippen LogP contribution in [-0.4, -0.2) is 8.42 Å². The normalized spacial score (nSPS) is 11.5. The highest BCUT2D eigenvalue weighted by molar-refractivity contribution is 7.94. The van der Waals surface area contributed by atoms with Gasteiger partial charge in [0.25, 0.3) is 10.0 Å². The van der Waals surface area contributed by atoms with Gasteiger partial charge < -0.3 is 5.73 Å². The smallest absolute Gasteiger partial charge is 0.271 e.